The van der Waals surface area contributed by atoms with Crippen LogP contribution in [0.25, 0.3) is 0 Å². The summed E-state index contributed by atoms with van der Waals surface area (Å²) < 4.78 is 0. The maximum Gasteiger partial charge on any atom is 0.269 e. The van der Waals surface area contributed by atoms with Gasteiger partial charge in [-0.15, -0.1) is 0 Å². The van der Waals surface area contributed by atoms with E-state index in [9.17, 15) is 15.2 Å². The Hall–Kier alpha value is -2.21. The Labute approximate surface area is 115 Å². The summed E-state index contributed by atoms with van der Waals surface area (Å²) in [4.78, 5) is 10.2. The number of allylic oxidation sites excluding steroid dienone is 2. The van der Waals surface area contributed by atoms with E-state index in [4.69, 9.17) is 0 Å². The van der Waals surface area contributed by atoms with Crippen LogP contribution in [0.5, 0.6) is 0 Å². The van der Waals surface area contributed by atoms with Gasteiger partial charge in [-0.3, -0.25) is 10.1 Å². The smallest absolute Gasteiger partial charge is 0.269 e. The van der Waals surface area contributed by atoms with Crippen molar-refractivity contribution in [1.29, 1.82) is 0 Å². The standard InChI is InChI=1S/C13H12N2O3S/c16-13(14-9-4-2-1-3-5-9)11-8-10(15(17)18)6-7-12(11)19/h1-8,12,14,16,19H/b13-11+/t12-/m1/s1. The average Bonchev–Trinajstić information content (AvgIpc) is 2.40. The fourth-order valence-electron chi connectivity index (χ4n) is 1.64. The van der Waals surface area contributed by atoms with Gasteiger partial charge in [-0.2, -0.15) is 12.6 Å². The summed E-state index contributed by atoms with van der Waals surface area (Å²) in [7, 11) is 0. The normalized spacial score (nSPS) is 20.7. The first-order valence-corrected chi connectivity index (χ1v) is 6.07. The van der Waals surface area contributed by atoms with Gasteiger partial charge in [0.2, 0.25) is 0 Å². The Kier molecular flexibility index (Phi) is 3.91. The van der Waals surface area contributed by atoms with E-state index < -0.39 is 4.92 Å². The Morgan fingerprint density at radius 2 is 2.05 bits per heavy atom. The van der Waals surface area contributed by atoms with E-state index in [2.05, 4.69) is 17.9 Å². The molecule has 1 atom stereocenters. The summed E-state index contributed by atoms with van der Waals surface area (Å²) in [6, 6.07) is 9.04. The van der Waals surface area contributed by atoms with Crippen molar-refractivity contribution in [3.63, 3.8) is 0 Å². The third kappa shape index (κ3) is 3.17. The van der Waals surface area contributed by atoms with Crippen molar-refractivity contribution in [2.75, 3.05) is 5.32 Å². The van der Waals surface area contributed by atoms with Crippen molar-refractivity contribution in [3.05, 3.63) is 75.8 Å². The lowest BCUT2D eigenvalue weighted by molar-refractivity contribution is -0.419. The molecule has 1 aliphatic rings. The van der Waals surface area contributed by atoms with Gasteiger partial charge < -0.3 is 10.4 Å². The number of benzene rings is 1. The minimum absolute atomic E-state index is 0.0817. The molecule has 0 aromatic heterocycles. The lowest BCUT2D eigenvalue weighted by Crippen LogP contribution is -2.13. The number of para-hydroxylation sites is 1. The first kappa shape index (κ1) is 13.2. The van der Waals surface area contributed by atoms with Crippen LogP contribution in [-0.2, 0) is 0 Å². The van der Waals surface area contributed by atoms with Crippen LogP contribution < -0.4 is 5.32 Å². The van der Waals surface area contributed by atoms with E-state index in [-0.39, 0.29) is 16.8 Å². The third-order valence-corrected chi connectivity index (χ3v) is 3.04. The first-order valence-electron chi connectivity index (χ1n) is 5.55. The first-order chi connectivity index (χ1) is 9.08. The molecule has 19 heavy (non-hydrogen) atoms. The number of hydrogen-bond acceptors (Lipinski definition) is 5. The van der Waals surface area contributed by atoms with Gasteiger partial charge in [0.05, 0.1) is 10.2 Å². The van der Waals surface area contributed by atoms with Crippen molar-refractivity contribution in [2.45, 2.75) is 5.25 Å². The van der Waals surface area contributed by atoms with E-state index in [1.807, 2.05) is 18.2 Å². The van der Waals surface area contributed by atoms with Gasteiger partial charge in [0.1, 0.15) is 0 Å². The number of nitro groups is 1. The number of hydrogen-bond donors (Lipinski definition) is 3. The van der Waals surface area contributed by atoms with Crippen LogP contribution in [0, 0.1) is 10.1 Å². The molecule has 0 radical (unpaired) electrons. The fraction of sp³-hybridized carbons (Fsp3) is 0.0769. The summed E-state index contributed by atoms with van der Waals surface area (Å²) >= 11 is 4.26. The lowest BCUT2D eigenvalue weighted by atomic mass is 10.1. The van der Waals surface area contributed by atoms with Gasteiger partial charge in [-0.05, 0) is 12.1 Å². The quantitative estimate of drug-likeness (QED) is 0.343. The van der Waals surface area contributed by atoms with Crippen molar-refractivity contribution in [1.82, 2.24) is 0 Å². The van der Waals surface area contributed by atoms with Crippen molar-refractivity contribution in [2.24, 2.45) is 0 Å². The second-order valence-corrected chi connectivity index (χ2v) is 4.48. The number of nitrogens with zero attached hydrogens (tertiary/aromatic N) is 1. The largest absolute Gasteiger partial charge is 0.494 e. The van der Waals surface area contributed by atoms with Crippen molar-refractivity contribution in [3.8, 4) is 0 Å². The third-order valence-electron chi connectivity index (χ3n) is 2.59. The average molecular weight is 276 g/mol. The van der Waals surface area contributed by atoms with Crippen LogP contribution in [0.15, 0.2) is 65.7 Å². The van der Waals surface area contributed by atoms with Crippen molar-refractivity contribution < 1.29 is 10.0 Å². The second kappa shape index (κ2) is 5.62. The second-order valence-electron chi connectivity index (χ2n) is 3.93. The molecule has 0 heterocycles. The number of aliphatic hydroxyl groups is 1. The van der Waals surface area contributed by atoms with Gasteiger partial charge in [0.15, 0.2) is 5.88 Å². The predicted octanol–water partition coefficient (Wildman–Crippen LogP) is 2.90. The molecule has 0 unspecified atom stereocenters. The Balaban J connectivity index is 2.29. The van der Waals surface area contributed by atoms with E-state index in [1.165, 1.54) is 12.2 Å². The van der Waals surface area contributed by atoms with Crippen LogP contribution in [0.2, 0.25) is 0 Å². The summed E-state index contributed by atoms with van der Waals surface area (Å²) in [5, 5.41) is 23.1. The summed E-state index contributed by atoms with van der Waals surface area (Å²) in [6.45, 7) is 0. The van der Waals surface area contributed by atoms with Gasteiger partial charge in [-0.25, -0.2) is 0 Å². The van der Waals surface area contributed by atoms with E-state index >= 15 is 0 Å². The van der Waals surface area contributed by atoms with Gasteiger partial charge in [0, 0.05) is 23.4 Å². The Bertz CT molecular complexity index is 579. The molecule has 0 saturated carbocycles. The molecule has 0 amide bonds. The molecular formula is C13H12N2O3S. The molecule has 0 saturated heterocycles. The monoisotopic (exact) mass is 276 g/mol. The highest BCUT2D eigenvalue weighted by Gasteiger charge is 2.20. The SMILES string of the molecule is O=[N+]([O-])C1=C/C(=C(\O)Nc2ccccc2)[C@H](S)C=C1. The molecule has 6 heteroatoms. The van der Waals surface area contributed by atoms with Crippen LogP contribution in [-0.4, -0.2) is 15.3 Å². The topological polar surface area (TPSA) is 75.4 Å². The fourth-order valence-corrected chi connectivity index (χ4v) is 1.92. The van der Waals surface area contributed by atoms with Crippen LogP contribution in [0.3, 0.4) is 0 Å². The van der Waals surface area contributed by atoms with Crippen LogP contribution >= 0.6 is 12.6 Å². The molecule has 1 aromatic rings. The van der Waals surface area contributed by atoms with Crippen LogP contribution in [0.4, 0.5) is 5.69 Å². The number of aliphatic hydroxyl groups excluding tert-OH is 1. The highest BCUT2D eigenvalue weighted by atomic mass is 32.1. The van der Waals surface area contributed by atoms with E-state index in [0.717, 1.165) is 0 Å². The van der Waals surface area contributed by atoms with Gasteiger partial charge >= 0.3 is 0 Å². The molecule has 2 N–H and O–H groups in total. The Morgan fingerprint density at radius 3 is 2.68 bits per heavy atom. The highest BCUT2D eigenvalue weighted by molar-refractivity contribution is 7.81. The van der Waals surface area contributed by atoms with Crippen LogP contribution in [0.1, 0.15) is 0 Å². The molecule has 1 aromatic carbocycles. The summed E-state index contributed by atoms with van der Waals surface area (Å²) in [5.41, 5.74) is 0.974. The Morgan fingerprint density at radius 1 is 1.37 bits per heavy atom. The molecule has 0 fully saturated rings. The number of rotatable bonds is 3. The molecule has 0 spiro atoms. The zero-order valence-electron chi connectivity index (χ0n) is 9.85. The maximum atomic E-state index is 10.7. The molecule has 5 nitrogen and oxygen atoms in total. The van der Waals surface area contributed by atoms with Crippen molar-refractivity contribution >= 4 is 18.3 Å². The zero-order valence-corrected chi connectivity index (χ0v) is 10.7. The zero-order chi connectivity index (χ0) is 13.8. The predicted molar refractivity (Wildman–Crippen MR) is 76.7 cm³/mol. The molecular weight excluding hydrogens is 264 g/mol. The summed E-state index contributed by atoms with van der Waals surface area (Å²) in [6.07, 6.45) is 4.24. The van der Waals surface area contributed by atoms with Gasteiger partial charge in [0.25, 0.3) is 5.70 Å². The number of nitrogens with one attached hydrogen (secondary N) is 1. The van der Waals surface area contributed by atoms with E-state index in [0.29, 0.717) is 11.3 Å². The lowest BCUT2D eigenvalue weighted by Gasteiger charge is -2.15. The van der Waals surface area contributed by atoms with Gasteiger partial charge in [-0.1, -0.05) is 24.3 Å². The minimum Gasteiger partial charge on any atom is -0.494 e. The minimum atomic E-state index is -0.508. The molecule has 1 aliphatic carbocycles. The molecule has 2 rings (SSSR count). The maximum absolute atomic E-state index is 10.7. The summed E-state index contributed by atoms with van der Waals surface area (Å²) in [5.74, 6) is -0.144. The molecule has 0 bridgehead atoms. The number of anilines is 1. The van der Waals surface area contributed by atoms with E-state index in [1.54, 1.807) is 18.2 Å². The molecule has 98 valence electrons. The number of thiol groups is 1. The highest BCUT2D eigenvalue weighted by Crippen LogP contribution is 2.24. The molecule has 0 aliphatic heterocycles.